The van der Waals surface area contributed by atoms with Crippen LogP contribution in [0.1, 0.15) is 5.69 Å². The van der Waals surface area contributed by atoms with Gasteiger partial charge >= 0.3 is 0 Å². The van der Waals surface area contributed by atoms with Crippen LogP contribution in [0.5, 0.6) is 5.75 Å². The normalized spacial score (nSPS) is 10.1. The highest BCUT2D eigenvalue weighted by atomic mass is 79.9. The summed E-state index contributed by atoms with van der Waals surface area (Å²) in [5.74, 6) is 1.36. The van der Waals surface area contributed by atoms with E-state index < -0.39 is 0 Å². The van der Waals surface area contributed by atoms with E-state index in [1.165, 1.54) is 0 Å². The van der Waals surface area contributed by atoms with Crippen molar-refractivity contribution in [2.24, 2.45) is 0 Å². The summed E-state index contributed by atoms with van der Waals surface area (Å²) in [6.07, 6.45) is 4.08. The van der Waals surface area contributed by atoms with Crippen LogP contribution in [-0.4, -0.2) is 27.7 Å². The molecule has 8 heteroatoms. The zero-order valence-electron chi connectivity index (χ0n) is 11.6. The first-order valence-corrected chi connectivity index (χ1v) is 8.22. The second kappa shape index (κ2) is 8.87. The van der Waals surface area contributed by atoms with Crippen molar-refractivity contribution in [3.63, 3.8) is 0 Å². The van der Waals surface area contributed by atoms with Gasteiger partial charge in [-0.05, 0) is 52.4 Å². The number of aromatic nitrogens is 2. The third-order valence-electron chi connectivity index (χ3n) is 2.70. The van der Waals surface area contributed by atoms with Gasteiger partial charge in [-0.25, -0.2) is 4.98 Å². The van der Waals surface area contributed by atoms with E-state index in [0.717, 1.165) is 10.2 Å². The molecule has 0 aromatic carbocycles. The lowest BCUT2D eigenvalue weighted by atomic mass is 10.2. The van der Waals surface area contributed by atoms with Crippen molar-refractivity contribution in [2.45, 2.75) is 6.42 Å². The molecule has 0 aliphatic carbocycles. The fraction of sp³-hybridized carbons (Fsp3) is 0.214. The molecule has 0 radical (unpaired) electrons. The molecule has 0 atom stereocenters. The number of nitrogens with zero attached hydrogens (tertiary/aromatic N) is 2. The molecule has 2 heterocycles. The van der Waals surface area contributed by atoms with Crippen LogP contribution < -0.4 is 15.4 Å². The average Bonchev–Trinajstić information content (AvgIpc) is 2.51. The molecule has 0 unspecified atom stereocenters. The molecular formula is C14H14BrClN4OS. The number of anilines is 1. The monoisotopic (exact) mass is 400 g/mol. The smallest absolute Gasteiger partial charge is 0.171 e. The molecule has 22 heavy (non-hydrogen) atoms. The Kier molecular flexibility index (Phi) is 6.82. The third-order valence-corrected chi connectivity index (χ3v) is 3.69. The Hall–Kier alpha value is -1.44. The molecule has 2 rings (SSSR count). The van der Waals surface area contributed by atoms with Crippen LogP contribution in [0.4, 0.5) is 5.82 Å². The summed E-state index contributed by atoms with van der Waals surface area (Å²) >= 11 is 14.2. The van der Waals surface area contributed by atoms with Gasteiger partial charge in [0.15, 0.2) is 11.2 Å². The summed E-state index contributed by atoms with van der Waals surface area (Å²) in [5, 5.41) is 6.63. The number of pyridine rings is 2. The molecule has 2 aromatic heterocycles. The van der Waals surface area contributed by atoms with Crippen LogP contribution in [0.15, 0.2) is 41.1 Å². The molecule has 0 spiro atoms. The lowest BCUT2D eigenvalue weighted by Crippen LogP contribution is -2.30. The number of ether oxygens (including phenoxy) is 1. The molecule has 0 amide bonds. The van der Waals surface area contributed by atoms with Gasteiger partial charge in [-0.3, -0.25) is 4.98 Å². The molecule has 0 aliphatic rings. The fourth-order valence-electron chi connectivity index (χ4n) is 1.73. The van der Waals surface area contributed by atoms with Crippen LogP contribution in [0.25, 0.3) is 0 Å². The standard InChI is InChI=1S/C14H14BrClN4OS/c15-10-3-1-7-18-13(10)20-14(22)19-8-5-11-12(21-9-16)4-2-6-17-11/h1-4,6-7H,5,8-9H2,(H2,18,19,20,22). The van der Waals surface area contributed by atoms with E-state index >= 15 is 0 Å². The molecule has 5 nitrogen and oxygen atoms in total. The lowest BCUT2D eigenvalue weighted by molar-refractivity contribution is 0.381. The second-order valence-corrected chi connectivity index (χ2v) is 5.65. The van der Waals surface area contributed by atoms with E-state index in [0.29, 0.717) is 29.6 Å². The summed E-state index contributed by atoms with van der Waals surface area (Å²) in [4.78, 5) is 8.48. The van der Waals surface area contributed by atoms with Crippen molar-refractivity contribution < 1.29 is 4.74 Å². The third kappa shape index (κ3) is 5.08. The van der Waals surface area contributed by atoms with E-state index in [1.807, 2.05) is 24.3 Å². The number of rotatable bonds is 6. The average molecular weight is 402 g/mol. The first kappa shape index (κ1) is 16.9. The molecule has 0 bridgehead atoms. The largest absolute Gasteiger partial charge is 0.476 e. The Labute approximate surface area is 147 Å². The minimum Gasteiger partial charge on any atom is -0.476 e. The highest BCUT2D eigenvalue weighted by Gasteiger charge is 2.06. The molecular weight excluding hydrogens is 388 g/mol. The Balaban J connectivity index is 1.84. The van der Waals surface area contributed by atoms with Gasteiger partial charge in [0.05, 0.1) is 10.2 Å². The van der Waals surface area contributed by atoms with Crippen molar-refractivity contribution >= 4 is 50.7 Å². The van der Waals surface area contributed by atoms with Crippen molar-refractivity contribution in [1.29, 1.82) is 0 Å². The van der Waals surface area contributed by atoms with Gasteiger partial charge in [0.25, 0.3) is 0 Å². The zero-order chi connectivity index (χ0) is 15.8. The maximum Gasteiger partial charge on any atom is 0.171 e. The number of halogens is 2. The Bertz CT molecular complexity index is 644. The SMILES string of the molecule is S=C(NCCc1ncccc1OCCl)Nc1ncccc1Br. The predicted molar refractivity (Wildman–Crippen MR) is 95.4 cm³/mol. The van der Waals surface area contributed by atoms with E-state index in [-0.39, 0.29) is 6.07 Å². The minimum absolute atomic E-state index is 0.0970. The first-order chi connectivity index (χ1) is 10.7. The maximum atomic E-state index is 5.59. The van der Waals surface area contributed by atoms with Gasteiger partial charge in [0.1, 0.15) is 11.6 Å². The number of thiocarbonyl (C=S) groups is 1. The van der Waals surface area contributed by atoms with Crippen LogP contribution in [0.2, 0.25) is 0 Å². The highest BCUT2D eigenvalue weighted by molar-refractivity contribution is 9.10. The van der Waals surface area contributed by atoms with E-state index in [9.17, 15) is 0 Å². The van der Waals surface area contributed by atoms with Crippen molar-refractivity contribution in [3.8, 4) is 5.75 Å². The number of alkyl halides is 1. The summed E-state index contributed by atoms with van der Waals surface area (Å²) < 4.78 is 6.17. The molecule has 0 aliphatic heterocycles. The second-order valence-electron chi connectivity index (χ2n) is 4.17. The highest BCUT2D eigenvalue weighted by Crippen LogP contribution is 2.18. The summed E-state index contributed by atoms with van der Waals surface area (Å²) in [5.41, 5.74) is 0.831. The quantitative estimate of drug-likeness (QED) is 0.572. The molecule has 0 fully saturated rings. The van der Waals surface area contributed by atoms with Crippen molar-refractivity contribution in [1.82, 2.24) is 15.3 Å². The van der Waals surface area contributed by atoms with Gasteiger partial charge in [0.2, 0.25) is 0 Å². The zero-order valence-corrected chi connectivity index (χ0v) is 14.7. The van der Waals surface area contributed by atoms with Crippen molar-refractivity contribution in [2.75, 3.05) is 17.9 Å². The van der Waals surface area contributed by atoms with E-state index in [1.54, 1.807) is 12.4 Å². The van der Waals surface area contributed by atoms with Gasteiger partial charge in [-0.1, -0.05) is 11.6 Å². The number of hydrogen-bond donors (Lipinski definition) is 2. The molecule has 2 N–H and O–H groups in total. The topological polar surface area (TPSA) is 59.1 Å². The van der Waals surface area contributed by atoms with Crippen LogP contribution in [0.3, 0.4) is 0 Å². The number of hydrogen-bond acceptors (Lipinski definition) is 4. The maximum absolute atomic E-state index is 5.59. The molecule has 0 saturated carbocycles. The Morgan fingerprint density at radius 3 is 2.82 bits per heavy atom. The summed E-state index contributed by atoms with van der Waals surface area (Å²) in [6, 6.07) is 7.47. The number of nitrogens with one attached hydrogen (secondary N) is 2. The van der Waals surface area contributed by atoms with Gasteiger partial charge in [0, 0.05) is 25.4 Å². The van der Waals surface area contributed by atoms with Crippen LogP contribution in [-0.2, 0) is 6.42 Å². The van der Waals surface area contributed by atoms with Crippen molar-refractivity contribution in [3.05, 3.63) is 46.8 Å². The summed E-state index contributed by atoms with van der Waals surface area (Å²) in [6.45, 7) is 0.617. The van der Waals surface area contributed by atoms with Crippen LogP contribution >= 0.6 is 39.7 Å². The predicted octanol–water partition coefficient (Wildman–Crippen LogP) is 3.34. The van der Waals surface area contributed by atoms with Gasteiger partial charge in [-0.15, -0.1) is 0 Å². The van der Waals surface area contributed by atoms with Gasteiger partial charge in [-0.2, -0.15) is 0 Å². The van der Waals surface area contributed by atoms with E-state index in [4.69, 9.17) is 28.6 Å². The Morgan fingerprint density at radius 1 is 1.27 bits per heavy atom. The first-order valence-electron chi connectivity index (χ1n) is 6.48. The molecule has 116 valence electrons. The minimum atomic E-state index is 0.0970. The summed E-state index contributed by atoms with van der Waals surface area (Å²) in [7, 11) is 0. The van der Waals surface area contributed by atoms with E-state index in [2.05, 4.69) is 36.5 Å². The Morgan fingerprint density at radius 2 is 2.05 bits per heavy atom. The molecule has 0 saturated heterocycles. The molecule has 2 aromatic rings. The lowest BCUT2D eigenvalue weighted by Gasteiger charge is -2.12. The fourth-order valence-corrected chi connectivity index (χ4v) is 2.40. The van der Waals surface area contributed by atoms with Crippen LogP contribution in [0, 0.1) is 0 Å². The van der Waals surface area contributed by atoms with Gasteiger partial charge < -0.3 is 15.4 Å².